The molecule has 1 atom stereocenters. The minimum atomic E-state index is -4.13. The number of benzene rings is 3. The van der Waals surface area contributed by atoms with E-state index in [1.54, 1.807) is 31.2 Å². The SMILES string of the molecule is CCC(C(=O)NC)N(Cc1ccc(F)cc1)C(=O)CN(c1ccc(C(C)C)cc1)S(=O)(=O)c1ccc(C)cc1. The molecule has 1 N–H and O–H groups in total. The van der Waals surface area contributed by atoms with Gasteiger partial charge in [0, 0.05) is 13.6 Å². The van der Waals surface area contributed by atoms with E-state index in [0.717, 1.165) is 15.4 Å². The Morgan fingerprint density at radius 1 is 0.923 bits per heavy atom. The number of nitrogens with one attached hydrogen (secondary N) is 1. The van der Waals surface area contributed by atoms with E-state index >= 15 is 0 Å². The van der Waals surface area contributed by atoms with Gasteiger partial charge in [-0.2, -0.15) is 0 Å². The number of hydrogen-bond acceptors (Lipinski definition) is 4. The van der Waals surface area contributed by atoms with Crippen LogP contribution in [0, 0.1) is 12.7 Å². The third-order valence-electron chi connectivity index (χ3n) is 6.63. The molecule has 0 aliphatic carbocycles. The minimum Gasteiger partial charge on any atom is -0.357 e. The Morgan fingerprint density at radius 2 is 1.51 bits per heavy atom. The second-order valence-corrected chi connectivity index (χ2v) is 11.6. The van der Waals surface area contributed by atoms with Gasteiger partial charge in [-0.15, -0.1) is 0 Å². The van der Waals surface area contributed by atoms with Crippen molar-refractivity contribution in [1.82, 2.24) is 10.2 Å². The molecule has 0 spiro atoms. The third kappa shape index (κ3) is 7.23. The molecule has 0 aliphatic heterocycles. The topological polar surface area (TPSA) is 86.8 Å². The maximum atomic E-state index is 13.9. The number of anilines is 1. The summed E-state index contributed by atoms with van der Waals surface area (Å²) in [6.45, 7) is 7.20. The van der Waals surface area contributed by atoms with Crippen molar-refractivity contribution in [2.45, 2.75) is 57.5 Å². The third-order valence-corrected chi connectivity index (χ3v) is 8.42. The maximum Gasteiger partial charge on any atom is 0.264 e. The molecule has 7 nitrogen and oxygen atoms in total. The number of aryl methyl sites for hydroxylation is 1. The number of carbonyl (C=O) groups excluding carboxylic acids is 2. The number of sulfonamides is 1. The van der Waals surface area contributed by atoms with Crippen LogP contribution in [-0.4, -0.2) is 44.8 Å². The summed E-state index contributed by atoms with van der Waals surface area (Å²) < 4.78 is 42.4. The van der Waals surface area contributed by atoms with Crippen LogP contribution in [0.15, 0.2) is 77.7 Å². The molecule has 9 heteroatoms. The average molecular weight is 554 g/mol. The van der Waals surface area contributed by atoms with Gasteiger partial charge in [-0.25, -0.2) is 12.8 Å². The Bertz CT molecular complexity index is 1370. The number of rotatable bonds is 11. The zero-order chi connectivity index (χ0) is 28.7. The number of carbonyl (C=O) groups is 2. The summed E-state index contributed by atoms with van der Waals surface area (Å²) in [4.78, 5) is 28.0. The lowest BCUT2D eigenvalue weighted by atomic mass is 10.0. The molecule has 0 aliphatic rings. The highest BCUT2D eigenvalue weighted by atomic mass is 32.2. The normalized spacial score (nSPS) is 12.2. The van der Waals surface area contributed by atoms with Crippen molar-refractivity contribution < 1.29 is 22.4 Å². The highest BCUT2D eigenvalue weighted by Gasteiger charge is 2.33. The van der Waals surface area contributed by atoms with Crippen molar-refractivity contribution in [2.75, 3.05) is 17.9 Å². The molecule has 3 rings (SSSR count). The molecule has 208 valence electrons. The van der Waals surface area contributed by atoms with Crippen molar-refractivity contribution in [3.8, 4) is 0 Å². The van der Waals surface area contributed by atoms with Gasteiger partial charge in [-0.1, -0.05) is 62.7 Å². The molecule has 3 aromatic carbocycles. The first-order valence-electron chi connectivity index (χ1n) is 12.9. The van der Waals surface area contributed by atoms with Gasteiger partial charge < -0.3 is 10.2 Å². The molecule has 0 fully saturated rings. The Labute approximate surface area is 230 Å². The number of likely N-dealkylation sites (N-methyl/N-ethyl adjacent to an activating group) is 1. The van der Waals surface area contributed by atoms with Gasteiger partial charge in [0.2, 0.25) is 11.8 Å². The van der Waals surface area contributed by atoms with E-state index in [0.29, 0.717) is 17.7 Å². The fourth-order valence-electron chi connectivity index (χ4n) is 4.26. The lowest BCUT2D eigenvalue weighted by Crippen LogP contribution is -2.51. The van der Waals surface area contributed by atoms with Crippen molar-refractivity contribution >= 4 is 27.5 Å². The van der Waals surface area contributed by atoms with Crippen LogP contribution < -0.4 is 9.62 Å². The zero-order valence-corrected chi connectivity index (χ0v) is 23.8. The predicted octanol–water partition coefficient (Wildman–Crippen LogP) is 5.01. The first-order chi connectivity index (χ1) is 18.5. The van der Waals surface area contributed by atoms with E-state index in [-0.39, 0.29) is 23.3 Å². The first kappa shape index (κ1) is 29.8. The van der Waals surface area contributed by atoms with Gasteiger partial charge in [0.05, 0.1) is 10.6 Å². The smallest absolute Gasteiger partial charge is 0.264 e. The van der Waals surface area contributed by atoms with Crippen molar-refractivity contribution in [1.29, 1.82) is 0 Å². The van der Waals surface area contributed by atoms with Gasteiger partial charge >= 0.3 is 0 Å². The quantitative estimate of drug-likeness (QED) is 0.362. The van der Waals surface area contributed by atoms with Crippen LogP contribution in [0.5, 0.6) is 0 Å². The molecule has 0 aromatic heterocycles. The first-order valence-corrected chi connectivity index (χ1v) is 14.4. The fraction of sp³-hybridized carbons (Fsp3) is 0.333. The molecule has 0 saturated heterocycles. The van der Waals surface area contributed by atoms with Gasteiger partial charge in [0.1, 0.15) is 18.4 Å². The Morgan fingerprint density at radius 3 is 2.03 bits per heavy atom. The van der Waals surface area contributed by atoms with Gasteiger partial charge in [-0.05, 0) is 66.8 Å². The van der Waals surface area contributed by atoms with Crippen LogP contribution in [-0.2, 0) is 26.2 Å². The second kappa shape index (κ2) is 12.9. The van der Waals surface area contributed by atoms with E-state index in [2.05, 4.69) is 5.32 Å². The Hall–Kier alpha value is -3.72. The molecule has 2 amide bonds. The van der Waals surface area contributed by atoms with E-state index in [1.165, 1.54) is 48.3 Å². The number of hydrogen-bond donors (Lipinski definition) is 1. The summed E-state index contributed by atoms with van der Waals surface area (Å²) in [5, 5.41) is 2.58. The molecule has 0 heterocycles. The molecule has 0 radical (unpaired) electrons. The minimum absolute atomic E-state index is 0.00967. The monoisotopic (exact) mass is 553 g/mol. The van der Waals surface area contributed by atoms with Crippen molar-refractivity contribution in [3.05, 3.63) is 95.3 Å². The van der Waals surface area contributed by atoms with Crippen molar-refractivity contribution in [2.24, 2.45) is 0 Å². The van der Waals surface area contributed by atoms with Gasteiger partial charge in [0.15, 0.2) is 0 Å². The molecule has 1 unspecified atom stereocenters. The molecular weight excluding hydrogens is 517 g/mol. The average Bonchev–Trinajstić information content (AvgIpc) is 2.92. The van der Waals surface area contributed by atoms with E-state index < -0.39 is 34.3 Å². The molecular formula is C30H36FN3O4S. The Kier molecular flexibility index (Phi) is 9.86. The highest BCUT2D eigenvalue weighted by Crippen LogP contribution is 2.27. The zero-order valence-electron chi connectivity index (χ0n) is 23.0. The van der Waals surface area contributed by atoms with E-state index in [9.17, 15) is 22.4 Å². The van der Waals surface area contributed by atoms with Crippen molar-refractivity contribution in [3.63, 3.8) is 0 Å². The lowest BCUT2D eigenvalue weighted by molar-refractivity contribution is -0.140. The second-order valence-electron chi connectivity index (χ2n) is 9.76. The van der Waals surface area contributed by atoms with Gasteiger partial charge in [-0.3, -0.25) is 13.9 Å². The molecule has 39 heavy (non-hydrogen) atoms. The largest absolute Gasteiger partial charge is 0.357 e. The standard InChI is InChI=1S/C30H36FN3O4S/c1-6-28(30(36)32-5)33(19-23-9-13-25(31)14-10-23)29(35)20-34(26-15-11-24(12-16-26)21(2)3)39(37,38)27-17-7-22(4)8-18-27/h7-18,21,28H,6,19-20H2,1-5H3,(H,32,36). The number of halogens is 1. The number of amides is 2. The van der Waals surface area contributed by atoms with Gasteiger partial charge in [0.25, 0.3) is 10.0 Å². The van der Waals surface area contributed by atoms with Crippen LogP contribution in [0.3, 0.4) is 0 Å². The van der Waals surface area contributed by atoms with Crippen LogP contribution in [0.2, 0.25) is 0 Å². The van der Waals surface area contributed by atoms with E-state index in [1.807, 2.05) is 32.9 Å². The summed E-state index contributed by atoms with van der Waals surface area (Å²) in [7, 11) is -2.65. The fourth-order valence-corrected chi connectivity index (χ4v) is 5.68. The Balaban J connectivity index is 2.06. The summed E-state index contributed by atoms with van der Waals surface area (Å²) >= 11 is 0. The summed E-state index contributed by atoms with van der Waals surface area (Å²) in [5.74, 6) is -1.11. The molecule has 3 aromatic rings. The predicted molar refractivity (Wildman–Crippen MR) is 151 cm³/mol. The van der Waals surface area contributed by atoms with Crippen LogP contribution in [0.1, 0.15) is 49.8 Å². The molecule has 0 saturated carbocycles. The lowest BCUT2D eigenvalue weighted by Gasteiger charge is -2.33. The van der Waals surface area contributed by atoms with E-state index in [4.69, 9.17) is 0 Å². The van der Waals surface area contributed by atoms with Crippen LogP contribution >= 0.6 is 0 Å². The summed E-state index contributed by atoms with van der Waals surface area (Å²) in [5.41, 5.74) is 2.88. The summed E-state index contributed by atoms with van der Waals surface area (Å²) in [6.07, 6.45) is 0.306. The highest BCUT2D eigenvalue weighted by molar-refractivity contribution is 7.92. The van der Waals surface area contributed by atoms with Crippen LogP contribution in [0.25, 0.3) is 0 Å². The summed E-state index contributed by atoms with van der Waals surface area (Å²) in [6, 6.07) is 18.3. The maximum absolute atomic E-state index is 13.9. The number of nitrogens with zero attached hydrogens (tertiary/aromatic N) is 2. The van der Waals surface area contributed by atoms with Crippen LogP contribution in [0.4, 0.5) is 10.1 Å². The molecule has 0 bridgehead atoms.